The predicted octanol–water partition coefficient (Wildman–Crippen LogP) is 1.11. The predicted molar refractivity (Wildman–Crippen MR) is 62.1 cm³/mol. The number of aliphatic imine (C=N–C) groups is 1. The molecule has 4 heteroatoms. The number of esters is 1. The first-order valence-corrected chi connectivity index (χ1v) is 5.31. The van der Waals surface area contributed by atoms with Crippen molar-refractivity contribution < 1.29 is 14.0 Å². The van der Waals surface area contributed by atoms with Crippen molar-refractivity contribution in [2.24, 2.45) is 4.99 Å². The molecule has 0 aliphatic rings. The molecule has 0 aliphatic heterocycles. The summed E-state index contributed by atoms with van der Waals surface area (Å²) in [4.78, 5) is 15.4. The van der Waals surface area contributed by atoms with Crippen molar-refractivity contribution in [1.82, 2.24) is 0 Å². The van der Waals surface area contributed by atoms with Crippen molar-refractivity contribution >= 4 is 11.7 Å². The molecule has 0 aromatic carbocycles. The van der Waals surface area contributed by atoms with E-state index in [1.165, 1.54) is 0 Å². The molecule has 0 radical (unpaired) electrons. The third-order valence-electron chi connectivity index (χ3n) is 1.86. The van der Waals surface area contributed by atoms with Crippen molar-refractivity contribution in [2.45, 2.75) is 20.3 Å². The molecule has 0 saturated heterocycles. The van der Waals surface area contributed by atoms with Gasteiger partial charge in [0.15, 0.2) is 0 Å². The highest BCUT2D eigenvalue weighted by Crippen LogP contribution is 1.94. The monoisotopic (exact) mass is 215 g/mol. The Bertz CT molecular complexity index is 229. The quantitative estimate of drug-likeness (QED) is 0.378. The summed E-state index contributed by atoms with van der Waals surface area (Å²) >= 11 is 0. The van der Waals surface area contributed by atoms with E-state index in [2.05, 4.69) is 26.1 Å². The van der Waals surface area contributed by atoms with Gasteiger partial charge in [0.05, 0.1) is 47.3 Å². The SMILES string of the molecule is CCOC(=O)CC(C)=NCC[N+](C)(C)C. The number of quaternary nitrogens is 1. The standard InChI is InChI=1S/C11H23N2O2/c1-6-15-11(14)9-10(2)12-7-8-13(3,4)5/h6-9H2,1-5H3/q+1. The van der Waals surface area contributed by atoms with Crippen LogP contribution in [-0.2, 0) is 9.53 Å². The minimum atomic E-state index is -0.191. The zero-order valence-electron chi connectivity index (χ0n) is 10.5. The first kappa shape index (κ1) is 14.1. The molecule has 0 amide bonds. The Kier molecular flexibility index (Phi) is 6.17. The highest BCUT2D eigenvalue weighted by atomic mass is 16.5. The lowest BCUT2D eigenvalue weighted by Crippen LogP contribution is -2.36. The van der Waals surface area contributed by atoms with Gasteiger partial charge in [-0.1, -0.05) is 0 Å². The van der Waals surface area contributed by atoms with Gasteiger partial charge in [-0.2, -0.15) is 0 Å². The molecule has 0 heterocycles. The molecule has 88 valence electrons. The summed E-state index contributed by atoms with van der Waals surface area (Å²) in [6.45, 7) is 5.84. The normalized spacial score (nSPS) is 12.7. The van der Waals surface area contributed by atoms with E-state index in [-0.39, 0.29) is 5.97 Å². The number of nitrogens with zero attached hydrogens (tertiary/aromatic N) is 2. The zero-order chi connectivity index (χ0) is 11.9. The van der Waals surface area contributed by atoms with E-state index in [9.17, 15) is 4.79 Å². The lowest BCUT2D eigenvalue weighted by molar-refractivity contribution is -0.868. The number of carbonyl (C=O) groups excluding carboxylic acids is 1. The van der Waals surface area contributed by atoms with E-state index in [0.29, 0.717) is 13.0 Å². The summed E-state index contributed by atoms with van der Waals surface area (Å²) in [7, 11) is 6.36. The van der Waals surface area contributed by atoms with Crippen LogP contribution in [0.2, 0.25) is 0 Å². The molecule has 0 fully saturated rings. The Morgan fingerprint density at radius 2 is 1.93 bits per heavy atom. The van der Waals surface area contributed by atoms with Crippen molar-refractivity contribution in [1.29, 1.82) is 0 Å². The average molecular weight is 215 g/mol. The van der Waals surface area contributed by atoms with E-state index >= 15 is 0 Å². The molecule has 0 unspecified atom stereocenters. The van der Waals surface area contributed by atoms with Crippen molar-refractivity contribution in [3.05, 3.63) is 0 Å². The number of likely N-dealkylation sites (N-methyl/N-ethyl adjacent to an activating group) is 1. The maximum absolute atomic E-state index is 11.1. The van der Waals surface area contributed by atoms with Crippen LogP contribution >= 0.6 is 0 Å². The minimum absolute atomic E-state index is 0.191. The van der Waals surface area contributed by atoms with Crippen LogP contribution in [0.1, 0.15) is 20.3 Å². The Balaban J connectivity index is 3.84. The lowest BCUT2D eigenvalue weighted by atomic mass is 10.3. The largest absolute Gasteiger partial charge is 0.466 e. The number of ether oxygens (including phenoxy) is 1. The third-order valence-corrected chi connectivity index (χ3v) is 1.86. The molecule has 0 aromatic rings. The van der Waals surface area contributed by atoms with Crippen LogP contribution in [0.3, 0.4) is 0 Å². The van der Waals surface area contributed by atoms with Gasteiger partial charge >= 0.3 is 5.97 Å². The molecule has 0 bridgehead atoms. The fourth-order valence-corrected chi connectivity index (χ4v) is 1.02. The van der Waals surface area contributed by atoms with E-state index < -0.39 is 0 Å². The smallest absolute Gasteiger partial charge is 0.311 e. The summed E-state index contributed by atoms with van der Waals surface area (Å²) in [5.74, 6) is -0.191. The molecule has 4 nitrogen and oxygen atoms in total. The molecular weight excluding hydrogens is 192 g/mol. The van der Waals surface area contributed by atoms with Crippen LogP contribution in [0.15, 0.2) is 4.99 Å². The fourth-order valence-electron chi connectivity index (χ4n) is 1.02. The molecule has 0 rings (SSSR count). The number of hydrogen-bond donors (Lipinski definition) is 0. The van der Waals surface area contributed by atoms with Gasteiger partial charge in [0.25, 0.3) is 0 Å². The van der Waals surface area contributed by atoms with Crippen molar-refractivity contribution in [3.8, 4) is 0 Å². The highest BCUT2D eigenvalue weighted by molar-refractivity contribution is 5.97. The molecule has 0 N–H and O–H groups in total. The summed E-state index contributed by atoms with van der Waals surface area (Å²) in [6.07, 6.45) is 0.310. The Labute approximate surface area is 92.5 Å². The summed E-state index contributed by atoms with van der Waals surface area (Å²) in [5.41, 5.74) is 0.849. The van der Waals surface area contributed by atoms with Gasteiger partial charge in [-0.25, -0.2) is 0 Å². The Morgan fingerprint density at radius 3 is 2.40 bits per heavy atom. The topological polar surface area (TPSA) is 38.7 Å². The van der Waals surface area contributed by atoms with Crippen LogP contribution < -0.4 is 0 Å². The second-order valence-corrected chi connectivity index (χ2v) is 4.61. The van der Waals surface area contributed by atoms with Crippen LogP contribution in [0.5, 0.6) is 0 Å². The van der Waals surface area contributed by atoms with Crippen molar-refractivity contribution in [3.63, 3.8) is 0 Å². The fraction of sp³-hybridized carbons (Fsp3) is 0.818. The molecule has 0 aliphatic carbocycles. The van der Waals surface area contributed by atoms with Gasteiger partial charge in [0.1, 0.15) is 0 Å². The summed E-state index contributed by atoms with van der Waals surface area (Å²) in [5, 5.41) is 0. The molecule has 0 aromatic heterocycles. The maximum atomic E-state index is 11.1. The van der Waals surface area contributed by atoms with Gasteiger partial charge in [0.2, 0.25) is 0 Å². The Morgan fingerprint density at radius 1 is 1.33 bits per heavy atom. The Hall–Kier alpha value is -0.900. The molecule has 15 heavy (non-hydrogen) atoms. The molecule has 0 spiro atoms. The number of hydrogen-bond acceptors (Lipinski definition) is 3. The minimum Gasteiger partial charge on any atom is -0.466 e. The van der Waals surface area contributed by atoms with E-state index in [0.717, 1.165) is 23.3 Å². The van der Waals surface area contributed by atoms with Gasteiger partial charge in [0, 0.05) is 5.71 Å². The lowest BCUT2D eigenvalue weighted by Gasteiger charge is -2.22. The summed E-state index contributed by atoms with van der Waals surface area (Å²) in [6, 6.07) is 0. The van der Waals surface area contributed by atoms with Gasteiger partial charge in [-0.05, 0) is 13.8 Å². The van der Waals surface area contributed by atoms with Crippen molar-refractivity contribution in [2.75, 3.05) is 40.8 Å². The number of rotatable bonds is 6. The van der Waals surface area contributed by atoms with Crippen LogP contribution in [-0.4, -0.2) is 57.0 Å². The van der Waals surface area contributed by atoms with E-state index in [1.54, 1.807) is 0 Å². The first-order valence-electron chi connectivity index (χ1n) is 5.31. The van der Waals surface area contributed by atoms with E-state index in [1.807, 2.05) is 13.8 Å². The first-order chi connectivity index (χ1) is 6.85. The average Bonchev–Trinajstić information content (AvgIpc) is 2.01. The van der Waals surface area contributed by atoms with Crippen LogP contribution in [0, 0.1) is 0 Å². The number of carbonyl (C=O) groups is 1. The van der Waals surface area contributed by atoms with Gasteiger partial charge in [-0.15, -0.1) is 0 Å². The highest BCUT2D eigenvalue weighted by Gasteiger charge is 2.06. The maximum Gasteiger partial charge on any atom is 0.311 e. The van der Waals surface area contributed by atoms with E-state index in [4.69, 9.17) is 4.74 Å². The molecule has 0 saturated carbocycles. The molecule has 0 atom stereocenters. The zero-order valence-corrected chi connectivity index (χ0v) is 10.5. The van der Waals surface area contributed by atoms with Crippen LogP contribution in [0.25, 0.3) is 0 Å². The third kappa shape index (κ3) is 9.41. The van der Waals surface area contributed by atoms with Gasteiger partial charge < -0.3 is 9.22 Å². The second-order valence-electron chi connectivity index (χ2n) is 4.61. The molecular formula is C11H23N2O2+. The van der Waals surface area contributed by atoms with Crippen LogP contribution in [0.4, 0.5) is 0 Å². The van der Waals surface area contributed by atoms with Gasteiger partial charge in [-0.3, -0.25) is 9.79 Å². The second kappa shape index (κ2) is 6.56. The summed E-state index contributed by atoms with van der Waals surface area (Å²) < 4.78 is 5.72.